The van der Waals surface area contributed by atoms with Crippen molar-refractivity contribution in [2.45, 2.75) is 13.8 Å². The van der Waals surface area contributed by atoms with Gasteiger partial charge in [0.25, 0.3) is 0 Å². The Morgan fingerprint density at radius 2 is 2.21 bits per heavy atom. The van der Waals surface area contributed by atoms with Gasteiger partial charge >= 0.3 is 0 Å². The van der Waals surface area contributed by atoms with E-state index in [4.69, 9.17) is 0 Å². The lowest BCUT2D eigenvalue weighted by Crippen LogP contribution is -2.08. The Morgan fingerprint density at radius 3 is 2.79 bits per heavy atom. The van der Waals surface area contributed by atoms with Gasteiger partial charge in [-0.2, -0.15) is 0 Å². The van der Waals surface area contributed by atoms with Crippen molar-refractivity contribution in [2.75, 3.05) is 13.6 Å². The highest BCUT2D eigenvalue weighted by Gasteiger charge is 1.97. The summed E-state index contributed by atoms with van der Waals surface area (Å²) in [5.41, 5.74) is 3.85. The molecule has 0 unspecified atom stereocenters. The molecule has 0 saturated carbocycles. The molecule has 1 nitrogen and oxygen atoms in total. The van der Waals surface area contributed by atoms with Crippen molar-refractivity contribution in [1.82, 2.24) is 5.32 Å². The quantitative estimate of drug-likeness (QED) is 0.871. The monoisotopic (exact) mass is 253 g/mol. The Balaban J connectivity index is 2.91. The lowest BCUT2D eigenvalue weighted by atomic mass is 10.1. The van der Waals surface area contributed by atoms with Gasteiger partial charge in [-0.3, -0.25) is 0 Å². The zero-order valence-corrected chi connectivity index (χ0v) is 10.5. The molecule has 0 aromatic heterocycles. The first-order valence-electron chi connectivity index (χ1n) is 4.71. The predicted molar refractivity (Wildman–Crippen MR) is 66.5 cm³/mol. The van der Waals surface area contributed by atoms with Crippen molar-refractivity contribution in [3.8, 4) is 0 Å². The van der Waals surface area contributed by atoms with Crippen LogP contribution in [0.1, 0.15) is 18.1 Å². The van der Waals surface area contributed by atoms with Crippen LogP contribution in [0.15, 0.2) is 28.2 Å². The van der Waals surface area contributed by atoms with Gasteiger partial charge in [0.15, 0.2) is 0 Å². The molecule has 0 aliphatic heterocycles. The van der Waals surface area contributed by atoms with E-state index in [1.54, 1.807) is 0 Å². The molecular weight excluding hydrogens is 238 g/mol. The summed E-state index contributed by atoms with van der Waals surface area (Å²) in [6, 6.07) is 6.40. The molecule has 76 valence electrons. The van der Waals surface area contributed by atoms with Crippen LogP contribution in [-0.2, 0) is 0 Å². The highest BCUT2D eigenvalue weighted by Crippen LogP contribution is 2.20. The fraction of sp³-hybridized carbons (Fsp3) is 0.333. The largest absolute Gasteiger partial charge is 0.316 e. The molecule has 0 aliphatic rings. The minimum absolute atomic E-state index is 0.931. The summed E-state index contributed by atoms with van der Waals surface area (Å²) in [4.78, 5) is 0. The van der Waals surface area contributed by atoms with Crippen LogP contribution in [0.5, 0.6) is 0 Å². The Hall–Kier alpha value is -0.600. The fourth-order valence-electron chi connectivity index (χ4n) is 1.34. The number of rotatable bonds is 3. The van der Waals surface area contributed by atoms with Crippen molar-refractivity contribution in [3.63, 3.8) is 0 Å². The first-order chi connectivity index (χ1) is 6.63. The van der Waals surface area contributed by atoms with Crippen LogP contribution in [0, 0.1) is 6.92 Å². The van der Waals surface area contributed by atoms with E-state index in [9.17, 15) is 0 Å². The molecule has 1 aromatic carbocycles. The van der Waals surface area contributed by atoms with Crippen LogP contribution in [0.4, 0.5) is 0 Å². The smallest absolute Gasteiger partial charge is 0.0250 e. The highest BCUT2D eigenvalue weighted by molar-refractivity contribution is 9.10. The molecule has 1 rings (SSSR count). The van der Waals surface area contributed by atoms with Gasteiger partial charge in [0.05, 0.1) is 0 Å². The molecule has 0 bridgehead atoms. The van der Waals surface area contributed by atoms with Gasteiger partial charge in [-0.15, -0.1) is 0 Å². The van der Waals surface area contributed by atoms with Gasteiger partial charge in [-0.05, 0) is 38.1 Å². The lowest BCUT2D eigenvalue weighted by Gasteiger charge is -2.03. The number of halogens is 1. The van der Waals surface area contributed by atoms with E-state index in [-0.39, 0.29) is 0 Å². The Bertz CT molecular complexity index is 342. The van der Waals surface area contributed by atoms with Crippen LogP contribution in [0.2, 0.25) is 0 Å². The molecule has 14 heavy (non-hydrogen) atoms. The standard InChI is InChI=1S/C12H16BrN/c1-9-4-5-11(12(13)7-9)6-10(2)8-14-3/h4-7,14H,8H2,1-3H3/b10-6+. The van der Waals surface area contributed by atoms with E-state index in [0.29, 0.717) is 0 Å². The van der Waals surface area contributed by atoms with Crippen molar-refractivity contribution in [2.24, 2.45) is 0 Å². The van der Waals surface area contributed by atoms with Crippen LogP contribution in [-0.4, -0.2) is 13.6 Å². The van der Waals surface area contributed by atoms with Crippen molar-refractivity contribution in [1.29, 1.82) is 0 Å². The zero-order chi connectivity index (χ0) is 10.6. The molecule has 0 spiro atoms. The van der Waals surface area contributed by atoms with Gasteiger partial charge in [0.2, 0.25) is 0 Å². The molecule has 0 radical (unpaired) electrons. The Labute approximate surface area is 94.3 Å². The molecule has 0 saturated heterocycles. The van der Waals surface area contributed by atoms with Gasteiger partial charge < -0.3 is 5.32 Å². The second-order valence-electron chi connectivity index (χ2n) is 3.55. The van der Waals surface area contributed by atoms with E-state index in [0.717, 1.165) is 11.0 Å². The number of hydrogen-bond acceptors (Lipinski definition) is 1. The van der Waals surface area contributed by atoms with E-state index in [1.165, 1.54) is 16.7 Å². The Kier molecular flexibility index (Phi) is 4.36. The van der Waals surface area contributed by atoms with Gasteiger partial charge in [0.1, 0.15) is 0 Å². The summed E-state index contributed by atoms with van der Waals surface area (Å²) >= 11 is 3.56. The number of aryl methyl sites for hydroxylation is 1. The molecule has 0 amide bonds. The van der Waals surface area contributed by atoms with Gasteiger partial charge in [-0.1, -0.05) is 39.7 Å². The van der Waals surface area contributed by atoms with Crippen LogP contribution < -0.4 is 5.32 Å². The zero-order valence-electron chi connectivity index (χ0n) is 8.89. The predicted octanol–water partition coefficient (Wildman–Crippen LogP) is 3.38. The third-order valence-corrected chi connectivity index (χ3v) is 2.70. The van der Waals surface area contributed by atoms with Gasteiger partial charge in [0, 0.05) is 11.0 Å². The number of benzene rings is 1. The summed E-state index contributed by atoms with van der Waals surface area (Å²) < 4.78 is 1.16. The molecule has 2 heteroatoms. The van der Waals surface area contributed by atoms with E-state index in [1.807, 2.05) is 7.05 Å². The second kappa shape index (κ2) is 5.32. The average molecular weight is 254 g/mol. The second-order valence-corrected chi connectivity index (χ2v) is 4.40. The molecule has 1 N–H and O–H groups in total. The molecule has 0 fully saturated rings. The number of likely N-dealkylation sites (N-methyl/N-ethyl adjacent to an activating group) is 1. The molecule has 0 aliphatic carbocycles. The minimum atomic E-state index is 0.931. The highest BCUT2D eigenvalue weighted by atomic mass is 79.9. The normalized spacial score (nSPS) is 11.9. The van der Waals surface area contributed by atoms with E-state index >= 15 is 0 Å². The first-order valence-corrected chi connectivity index (χ1v) is 5.50. The van der Waals surface area contributed by atoms with Crippen molar-refractivity contribution < 1.29 is 0 Å². The summed E-state index contributed by atoms with van der Waals surface area (Å²) in [5, 5.41) is 3.13. The third kappa shape index (κ3) is 3.28. The molecular formula is C12H16BrN. The summed E-state index contributed by atoms with van der Waals surface area (Å²) in [7, 11) is 1.96. The van der Waals surface area contributed by atoms with Crippen LogP contribution >= 0.6 is 15.9 Å². The maximum atomic E-state index is 3.56. The van der Waals surface area contributed by atoms with E-state index < -0.39 is 0 Å². The maximum Gasteiger partial charge on any atom is 0.0250 e. The summed E-state index contributed by atoms with van der Waals surface area (Å²) in [6.07, 6.45) is 2.19. The Morgan fingerprint density at radius 1 is 1.50 bits per heavy atom. The van der Waals surface area contributed by atoms with Crippen LogP contribution in [0.25, 0.3) is 6.08 Å². The maximum absolute atomic E-state index is 3.56. The van der Waals surface area contributed by atoms with Crippen molar-refractivity contribution >= 4 is 22.0 Å². The summed E-state index contributed by atoms with van der Waals surface area (Å²) in [6.45, 7) is 5.15. The van der Waals surface area contributed by atoms with Crippen LogP contribution in [0.3, 0.4) is 0 Å². The third-order valence-electron chi connectivity index (χ3n) is 2.01. The van der Waals surface area contributed by atoms with Gasteiger partial charge in [-0.25, -0.2) is 0 Å². The number of hydrogen-bond donors (Lipinski definition) is 1. The molecule has 0 atom stereocenters. The minimum Gasteiger partial charge on any atom is -0.316 e. The summed E-state index contributed by atoms with van der Waals surface area (Å²) in [5.74, 6) is 0. The molecule has 0 heterocycles. The SMILES string of the molecule is CNC/C(C)=C/c1ccc(C)cc1Br. The molecule has 1 aromatic rings. The first kappa shape index (κ1) is 11.5. The van der Waals surface area contributed by atoms with Crippen molar-refractivity contribution in [3.05, 3.63) is 39.4 Å². The number of nitrogens with one attached hydrogen (secondary N) is 1. The fourth-order valence-corrected chi connectivity index (χ4v) is 1.95. The topological polar surface area (TPSA) is 12.0 Å². The van der Waals surface area contributed by atoms with E-state index in [2.05, 4.69) is 59.4 Å². The lowest BCUT2D eigenvalue weighted by molar-refractivity contribution is 0.884. The average Bonchev–Trinajstić information content (AvgIpc) is 2.10.